The summed E-state index contributed by atoms with van der Waals surface area (Å²) in [7, 11) is 0. The lowest BCUT2D eigenvalue weighted by molar-refractivity contribution is 0.197. The topological polar surface area (TPSA) is 15.3 Å². The number of aryl methyl sites for hydroxylation is 2. The van der Waals surface area contributed by atoms with Crippen molar-refractivity contribution in [1.82, 2.24) is 5.32 Å². The molecule has 1 aromatic carbocycles. The Kier molecular flexibility index (Phi) is 3.32. The van der Waals surface area contributed by atoms with Gasteiger partial charge in [0.15, 0.2) is 0 Å². The lowest BCUT2D eigenvalue weighted by atomic mass is 9.86. The second kappa shape index (κ2) is 4.77. The van der Waals surface area contributed by atoms with Crippen LogP contribution in [0.4, 0.5) is 5.69 Å². The molecule has 1 aromatic rings. The first-order chi connectivity index (χ1) is 9.39. The molecule has 1 saturated carbocycles. The zero-order chi connectivity index (χ0) is 14.4. The number of nitrogens with zero attached hydrogens (tertiary/aromatic N) is 1. The number of rotatable bonds is 1. The standard InChI is InChI=1S/C18H28N2/c1-14-7-8-16(11-15(14)2)20-12-17(3,4)19-18(13-20)9-5-6-10-18/h7-8,11,19H,5-6,9-10,12-13H2,1-4H3. The van der Waals surface area contributed by atoms with Gasteiger partial charge in [0.2, 0.25) is 0 Å². The van der Waals surface area contributed by atoms with E-state index >= 15 is 0 Å². The first kappa shape index (κ1) is 13.9. The fourth-order valence-electron chi connectivity index (χ4n) is 4.14. The molecular formula is C18H28N2. The summed E-state index contributed by atoms with van der Waals surface area (Å²) < 4.78 is 0. The quantitative estimate of drug-likeness (QED) is 0.836. The molecule has 2 aliphatic rings. The normalized spacial score (nSPS) is 24.3. The van der Waals surface area contributed by atoms with Crippen molar-refractivity contribution in [3.05, 3.63) is 29.3 Å². The van der Waals surface area contributed by atoms with Crippen LogP contribution in [0.15, 0.2) is 18.2 Å². The van der Waals surface area contributed by atoms with Crippen LogP contribution in [0.25, 0.3) is 0 Å². The van der Waals surface area contributed by atoms with Gasteiger partial charge in [0.05, 0.1) is 0 Å². The second-order valence-corrected chi connectivity index (χ2v) is 7.62. The summed E-state index contributed by atoms with van der Waals surface area (Å²) in [6.07, 6.45) is 5.42. The third-order valence-electron chi connectivity index (χ3n) is 5.10. The Morgan fingerprint density at radius 2 is 1.70 bits per heavy atom. The van der Waals surface area contributed by atoms with Gasteiger partial charge in [-0.3, -0.25) is 0 Å². The van der Waals surface area contributed by atoms with E-state index in [1.807, 2.05) is 0 Å². The highest BCUT2D eigenvalue weighted by Gasteiger charge is 2.44. The fraction of sp³-hybridized carbons (Fsp3) is 0.667. The van der Waals surface area contributed by atoms with E-state index < -0.39 is 0 Å². The van der Waals surface area contributed by atoms with Crippen molar-refractivity contribution in [3.8, 4) is 0 Å². The van der Waals surface area contributed by atoms with Gasteiger partial charge in [0.1, 0.15) is 0 Å². The predicted molar refractivity (Wildman–Crippen MR) is 86.5 cm³/mol. The average molecular weight is 272 g/mol. The Labute approximate surface area is 123 Å². The highest BCUT2D eigenvalue weighted by atomic mass is 15.3. The molecule has 2 heteroatoms. The molecule has 0 atom stereocenters. The van der Waals surface area contributed by atoms with Gasteiger partial charge < -0.3 is 10.2 Å². The summed E-state index contributed by atoms with van der Waals surface area (Å²) in [6.45, 7) is 11.4. The molecule has 0 aromatic heterocycles. The monoisotopic (exact) mass is 272 g/mol. The molecule has 1 aliphatic carbocycles. The molecule has 3 rings (SSSR count). The maximum Gasteiger partial charge on any atom is 0.0370 e. The molecule has 1 heterocycles. The molecule has 0 radical (unpaired) electrons. The molecule has 0 bridgehead atoms. The van der Waals surface area contributed by atoms with Crippen LogP contribution in [0.1, 0.15) is 50.7 Å². The van der Waals surface area contributed by atoms with Crippen LogP contribution in [0, 0.1) is 13.8 Å². The maximum absolute atomic E-state index is 3.95. The van der Waals surface area contributed by atoms with Gasteiger partial charge in [-0.15, -0.1) is 0 Å². The van der Waals surface area contributed by atoms with Gasteiger partial charge >= 0.3 is 0 Å². The minimum Gasteiger partial charge on any atom is -0.368 e. The molecule has 110 valence electrons. The number of nitrogens with one attached hydrogen (secondary N) is 1. The van der Waals surface area contributed by atoms with E-state index in [1.165, 1.54) is 49.0 Å². The van der Waals surface area contributed by atoms with Crippen molar-refractivity contribution < 1.29 is 0 Å². The van der Waals surface area contributed by atoms with Crippen LogP contribution in [-0.2, 0) is 0 Å². The van der Waals surface area contributed by atoms with E-state index in [1.54, 1.807) is 0 Å². The van der Waals surface area contributed by atoms with E-state index in [-0.39, 0.29) is 5.54 Å². The third-order valence-corrected chi connectivity index (χ3v) is 5.10. The van der Waals surface area contributed by atoms with E-state index in [0.29, 0.717) is 5.54 Å². The number of hydrogen-bond donors (Lipinski definition) is 1. The highest BCUT2D eigenvalue weighted by Crippen LogP contribution is 2.37. The van der Waals surface area contributed by atoms with Crippen molar-refractivity contribution in [2.75, 3.05) is 18.0 Å². The van der Waals surface area contributed by atoms with Gasteiger partial charge in [-0.1, -0.05) is 18.9 Å². The first-order valence-electron chi connectivity index (χ1n) is 8.01. The number of piperazine rings is 1. The van der Waals surface area contributed by atoms with Crippen LogP contribution in [-0.4, -0.2) is 24.2 Å². The third kappa shape index (κ3) is 2.58. The van der Waals surface area contributed by atoms with Crippen molar-refractivity contribution >= 4 is 5.69 Å². The van der Waals surface area contributed by atoms with E-state index in [9.17, 15) is 0 Å². The van der Waals surface area contributed by atoms with Gasteiger partial charge in [-0.2, -0.15) is 0 Å². The Morgan fingerprint density at radius 3 is 2.35 bits per heavy atom. The number of benzene rings is 1. The molecule has 0 unspecified atom stereocenters. The average Bonchev–Trinajstić information content (AvgIpc) is 2.78. The van der Waals surface area contributed by atoms with Crippen molar-refractivity contribution in [3.63, 3.8) is 0 Å². The Morgan fingerprint density at radius 1 is 1.00 bits per heavy atom. The van der Waals surface area contributed by atoms with E-state index in [4.69, 9.17) is 0 Å². The summed E-state index contributed by atoms with van der Waals surface area (Å²) in [6, 6.07) is 6.92. The van der Waals surface area contributed by atoms with Gasteiger partial charge in [-0.05, 0) is 63.8 Å². The Hall–Kier alpha value is -1.02. The molecule has 2 fully saturated rings. The molecule has 1 saturated heterocycles. The smallest absolute Gasteiger partial charge is 0.0370 e. The lowest BCUT2D eigenvalue weighted by Gasteiger charge is -2.51. The first-order valence-corrected chi connectivity index (χ1v) is 8.01. The lowest BCUT2D eigenvalue weighted by Crippen LogP contribution is -2.68. The molecule has 1 aliphatic heterocycles. The molecule has 20 heavy (non-hydrogen) atoms. The summed E-state index contributed by atoms with van der Waals surface area (Å²) in [5.74, 6) is 0. The van der Waals surface area contributed by atoms with Crippen molar-refractivity contribution in [2.24, 2.45) is 0 Å². The Bertz CT molecular complexity index is 498. The maximum atomic E-state index is 3.95. The molecule has 2 nitrogen and oxygen atoms in total. The Balaban J connectivity index is 1.90. The van der Waals surface area contributed by atoms with Crippen molar-refractivity contribution in [2.45, 2.75) is 64.5 Å². The van der Waals surface area contributed by atoms with Crippen LogP contribution in [0.3, 0.4) is 0 Å². The van der Waals surface area contributed by atoms with Crippen LogP contribution < -0.4 is 10.2 Å². The van der Waals surface area contributed by atoms with Gasteiger partial charge in [-0.25, -0.2) is 0 Å². The summed E-state index contributed by atoms with van der Waals surface area (Å²) >= 11 is 0. The van der Waals surface area contributed by atoms with Gasteiger partial charge in [0.25, 0.3) is 0 Å². The molecule has 1 N–H and O–H groups in total. The van der Waals surface area contributed by atoms with E-state index in [2.05, 4.69) is 56.1 Å². The summed E-state index contributed by atoms with van der Waals surface area (Å²) in [4.78, 5) is 2.61. The van der Waals surface area contributed by atoms with E-state index in [0.717, 1.165) is 6.54 Å². The van der Waals surface area contributed by atoms with Crippen LogP contribution >= 0.6 is 0 Å². The minimum absolute atomic E-state index is 0.196. The fourth-order valence-corrected chi connectivity index (χ4v) is 4.14. The van der Waals surface area contributed by atoms with Crippen LogP contribution in [0.2, 0.25) is 0 Å². The number of hydrogen-bond acceptors (Lipinski definition) is 2. The SMILES string of the molecule is Cc1ccc(N2CC(C)(C)NC3(CCCC3)C2)cc1C. The largest absolute Gasteiger partial charge is 0.368 e. The van der Waals surface area contributed by atoms with Crippen LogP contribution in [0.5, 0.6) is 0 Å². The predicted octanol–water partition coefficient (Wildman–Crippen LogP) is 3.80. The minimum atomic E-state index is 0.196. The summed E-state index contributed by atoms with van der Waals surface area (Å²) in [5.41, 5.74) is 4.73. The van der Waals surface area contributed by atoms with Gasteiger partial charge in [0, 0.05) is 29.9 Å². The zero-order valence-electron chi connectivity index (χ0n) is 13.4. The van der Waals surface area contributed by atoms with Crippen molar-refractivity contribution in [1.29, 1.82) is 0 Å². The highest BCUT2D eigenvalue weighted by molar-refractivity contribution is 5.52. The molecule has 1 spiro atoms. The second-order valence-electron chi connectivity index (χ2n) is 7.62. The zero-order valence-corrected chi connectivity index (χ0v) is 13.4. The molecular weight excluding hydrogens is 244 g/mol. The number of anilines is 1. The molecule has 0 amide bonds. The summed E-state index contributed by atoms with van der Waals surface area (Å²) in [5, 5.41) is 3.95.